The maximum Gasteiger partial charge on any atom is 0.118 e. The third kappa shape index (κ3) is 4.64. The van der Waals surface area contributed by atoms with E-state index >= 15 is 0 Å². The second-order valence-corrected chi connectivity index (χ2v) is 5.88. The molecule has 0 aliphatic carbocycles. The van der Waals surface area contributed by atoms with Crippen LogP contribution < -0.4 is 0 Å². The minimum Gasteiger partial charge on any atom is -0.508 e. The van der Waals surface area contributed by atoms with Crippen LogP contribution in [0.1, 0.15) is 23.1 Å². The van der Waals surface area contributed by atoms with Crippen LogP contribution >= 0.6 is 11.8 Å². The SMILES string of the molecule is Cc1ccc(O)c(CCCSCc2ccccc2)c1. The van der Waals surface area contributed by atoms with E-state index in [0.29, 0.717) is 5.75 Å². The normalized spacial score (nSPS) is 10.6. The van der Waals surface area contributed by atoms with Gasteiger partial charge in [0.15, 0.2) is 0 Å². The van der Waals surface area contributed by atoms with Crippen LogP contribution in [0.25, 0.3) is 0 Å². The van der Waals surface area contributed by atoms with Gasteiger partial charge < -0.3 is 5.11 Å². The maximum atomic E-state index is 9.76. The highest BCUT2D eigenvalue weighted by Gasteiger charge is 2.01. The third-order valence-electron chi connectivity index (χ3n) is 3.08. The van der Waals surface area contributed by atoms with Gasteiger partial charge in [-0.05, 0) is 42.7 Å². The predicted octanol–water partition coefficient (Wildman–Crippen LogP) is 4.57. The van der Waals surface area contributed by atoms with Crippen molar-refractivity contribution in [2.75, 3.05) is 5.75 Å². The quantitative estimate of drug-likeness (QED) is 0.777. The van der Waals surface area contributed by atoms with Crippen LogP contribution in [-0.2, 0) is 12.2 Å². The number of rotatable bonds is 6. The molecule has 0 amide bonds. The van der Waals surface area contributed by atoms with E-state index in [1.165, 1.54) is 11.1 Å². The van der Waals surface area contributed by atoms with Crippen molar-refractivity contribution in [1.82, 2.24) is 0 Å². The fourth-order valence-electron chi connectivity index (χ4n) is 2.04. The van der Waals surface area contributed by atoms with Crippen molar-refractivity contribution in [2.24, 2.45) is 0 Å². The zero-order valence-electron chi connectivity index (χ0n) is 11.3. The van der Waals surface area contributed by atoms with Gasteiger partial charge in [-0.25, -0.2) is 0 Å². The van der Waals surface area contributed by atoms with Gasteiger partial charge in [0.05, 0.1) is 0 Å². The first kappa shape index (κ1) is 14.0. The number of phenolic OH excluding ortho intramolecular Hbond substituents is 1. The lowest BCUT2D eigenvalue weighted by atomic mass is 10.1. The molecule has 0 heterocycles. The summed E-state index contributed by atoms with van der Waals surface area (Å²) in [5, 5.41) is 9.76. The molecule has 2 heteroatoms. The van der Waals surface area contributed by atoms with Crippen LogP contribution in [0, 0.1) is 6.92 Å². The Balaban J connectivity index is 1.71. The Bertz CT molecular complexity index is 508. The van der Waals surface area contributed by atoms with Gasteiger partial charge in [-0.3, -0.25) is 0 Å². The molecule has 1 nitrogen and oxygen atoms in total. The number of thioether (sulfide) groups is 1. The molecule has 0 fully saturated rings. The van der Waals surface area contributed by atoms with Crippen LogP contribution in [0.4, 0.5) is 0 Å². The summed E-state index contributed by atoms with van der Waals surface area (Å²) in [6.45, 7) is 2.06. The highest BCUT2D eigenvalue weighted by molar-refractivity contribution is 7.98. The first-order chi connectivity index (χ1) is 9.25. The van der Waals surface area contributed by atoms with E-state index in [-0.39, 0.29) is 0 Å². The molecule has 0 spiro atoms. The molecule has 0 bridgehead atoms. The van der Waals surface area contributed by atoms with Crippen molar-refractivity contribution in [3.8, 4) is 5.75 Å². The largest absolute Gasteiger partial charge is 0.508 e. The van der Waals surface area contributed by atoms with E-state index in [1.54, 1.807) is 6.07 Å². The Morgan fingerprint density at radius 1 is 1.05 bits per heavy atom. The maximum absolute atomic E-state index is 9.76. The molecule has 100 valence electrons. The van der Waals surface area contributed by atoms with Gasteiger partial charge in [-0.2, -0.15) is 11.8 Å². The summed E-state index contributed by atoms with van der Waals surface area (Å²) in [7, 11) is 0. The predicted molar refractivity (Wildman–Crippen MR) is 83.8 cm³/mol. The van der Waals surface area contributed by atoms with E-state index < -0.39 is 0 Å². The molecule has 2 aromatic rings. The molecular formula is C17H20OS. The van der Waals surface area contributed by atoms with Crippen molar-refractivity contribution >= 4 is 11.8 Å². The average Bonchev–Trinajstić information content (AvgIpc) is 2.43. The standard InChI is InChI=1S/C17H20OS/c1-14-9-10-17(18)16(12-14)8-5-11-19-13-15-6-3-2-4-7-15/h2-4,6-7,9-10,12,18H,5,8,11,13H2,1H3. The van der Waals surface area contributed by atoms with Crippen LogP contribution in [0.15, 0.2) is 48.5 Å². The number of benzene rings is 2. The van der Waals surface area contributed by atoms with Crippen molar-refractivity contribution in [3.05, 3.63) is 65.2 Å². The van der Waals surface area contributed by atoms with Crippen LogP contribution in [-0.4, -0.2) is 10.9 Å². The highest BCUT2D eigenvalue weighted by Crippen LogP contribution is 2.21. The molecule has 0 radical (unpaired) electrons. The zero-order valence-corrected chi connectivity index (χ0v) is 12.1. The van der Waals surface area contributed by atoms with Crippen LogP contribution in [0.5, 0.6) is 5.75 Å². The fraction of sp³-hybridized carbons (Fsp3) is 0.294. The lowest BCUT2D eigenvalue weighted by molar-refractivity contribution is 0.467. The highest BCUT2D eigenvalue weighted by atomic mass is 32.2. The molecule has 0 aliphatic rings. The number of hydrogen-bond donors (Lipinski definition) is 1. The second kappa shape index (κ2) is 7.25. The van der Waals surface area contributed by atoms with Crippen molar-refractivity contribution in [2.45, 2.75) is 25.5 Å². The number of aryl methyl sites for hydroxylation is 2. The first-order valence-electron chi connectivity index (χ1n) is 6.66. The Morgan fingerprint density at radius 3 is 2.63 bits per heavy atom. The van der Waals surface area contributed by atoms with E-state index in [1.807, 2.05) is 17.8 Å². The Hall–Kier alpha value is -1.41. The lowest BCUT2D eigenvalue weighted by Crippen LogP contribution is -1.90. The summed E-state index contributed by atoms with van der Waals surface area (Å²) < 4.78 is 0. The third-order valence-corrected chi connectivity index (χ3v) is 4.20. The molecule has 0 unspecified atom stereocenters. The van der Waals surface area contributed by atoms with E-state index in [2.05, 4.69) is 43.3 Å². The average molecular weight is 272 g/mol. The molecule has 0 saturated heterocycles. The molecule has 19 heavy (non-hydrogen) atoms. The molecular weight excluding hydrogens is 252 g/mol. The van der Waals surface area contributed by atoms with Gasteiger partial charge in [0.2, 0.25) is 0 Å². The van der Waals surface area contributed by atoms with Gasteiger partial charge >= 0.3 is 0 Å². The van der Waals surface area contributed by atoms with E-state index in [9.17, 15) is 5.11 Å². The molecule has 2 rings (SSSR count). The summed E-state index contributed by atoms with van der Waals surface area (Å²) >= 11 is 1.95. The summed E-state index contributed by atoms with van der Waals surface area (Å²) in [6.07, 6.45) is 2.06. The van der Waals surface area contributed by atoms with Crippen LogP contribution in [0.3, 0.4) is 0 Å². The summed E-state index contributed by atoms with van der Waals surface area (Å²) in [5.41, 5.74) is 3.66. The Kier molecular flexibility index (Phi) is 5.34. The topological polar surface area (TPSA) is 20.2 Å². The van der Waals surface area contributed by atoms with Crippen LogP contribution in [0.2, 0.25) is 0 Å². The molecule has 1 N–H and O–H groups in total. The molecule has 0 aromatic heterocycles. The van der Waals surface area contributed by atoms with E-state index in [4.69, 9.17) is 0 Å². The van der Waals surface area contributed by atoms with E-state index in [0.717, 1.165) is 29.9 Å². The van der Waals surface area contributed by atoms with Gasteiger partial charge in [-0.15, -0.1) is 0 Å². The Labute approximate surface area is 119 Å². The summed E-state index contributed by atoms with van der Waals surface area (Å²) in [6, 6.07) is 16.4. The van der Waals surface area contributed by atoms with Gasteiger partial charge in [-0.1, -0.05) is 48.0 Å². The van der Waals surface area contributed by atoms with Gasteiger partial charge in [0, 0.05) is 5.75 Å². The van der Waals surface area contributed by atoms with Crippen molar-refractivity contribution < 1.29 is 5.11 Å². The second-order valence-electron chi connectivity index (χ2n) is 4.77. The lowest BCUT2D eigenvalue weighted by Gasteiger charge is -2.06. The number of hydrogen-bond acceptors (Lipinski definition) is 2. The number of phenols is 1. The minimum absolute atomic E-state index is 0.429. The molecule has 0 saturated carbocycles. The van der Waals surface area contributed by atoms with Gasteiger partial charge in [0.1, 0.15) is 5.75 Å². The van der Waals surface area contributed by atoms with Crippen molar-refractivity contribution in [1.29, 1.82) is 0 Å². The first-order valence-corrected chi connectivity index (χ1v) is 7.81. The molecule has 2 aromatic carbocycles. The van der Waals surface area contributed by atoms with Gasteiger partial charge in [0.25, 0.3) is 0 Å². The molecule has 0 aliphatic heterocycles. The minimum atomic E-state index is 0.429. The Morgan fingerprint density at radius 2 is 1.84 bits per heavy atom. The smallest absolute Gasteiger partial charge is 0.118 e. The summed E-state index contributed by atoms with van der Waals surface area (Å²) in [5.74, 6) is 2.63. The monoisotopic (exact) mass is 272 g/mol. The fourth-order valence-corrected chi connectivity index (χ4v) is 2.96. The molecule has 0 atom stereocenters. The van der Waals surface area contributed by atoms with Crippen molar-refractivity contribution in [3.63, 3.8) is 0 Å². The zero-order chi connectivity index (χ0) is 13.5. The summed E-state index contributed by atoms with van der Waals surface area (Å²) in [4.78, 5) is 0. The number of aromatic hydroxyl groups is 1.